The molecule has 98 valence electrons. The third kappa shape index (κ3) is 3.84. The maximum Gasteiger partial charge on any atom is 0.224 e. The third-order valence-electron chi connectivity index (χ3n) is 3.59. The Labute approximate surface area is 117 Å². The number of nitrogens with one attached hydrogen (secondary N) is 1. The maximum atomic E-state index is 12.0. The fourth-order valence-electron chi connectivity index (χ4n) is 2.67. The summed E-state index contributed by atoms with van der Waals surface area (Å²) >= 11 is 3.42. The van der Waals surface area contributed by atoms with Crippen LogP contribution in [0.4, 0.5) is 0 Å². The zero-order valence-corrected chi connectivity index (χ0v) is 12.6. The monoisotopic (exact) mass is 309 g/mol. The maximum absolute atomic E-state index is 12.0. The van der Waals surface area contributed by atoms with Gasteiger partial charge in [0.1, 0.15) is 0 Å². The number of hydrogen-bond donors (Lipinski definition) is 1. The molecule has 0 aliphatic heterocycles. The van der Waals surface area contributed by atoms with E-state index in [1.54, 1.807) is 0 Å². The standard InChI is InChI=1S/C15H20BrNO/c1-15(2)7-6-13(10-15)17-14(18)9-11-4-3-5-12(16)8-11/h3-5,8,13H,6-7,9-10H2,1-2H3,(H,17,18). The number of amides is 1. The Hall–Kier alpha value is -0.830. The zero-order valence-electron chi connectivity index (χ0n) is 11.0. The van der Waals surface area contributed by atoms with Gasteiger partial charge in [-0.3, -0.25) is 4.79 Å². The van der Waals surface area contributed by atoms with Crippen molar-refractivity contribution in [3.8, 4) is 0 Å². The second-order valence-corrected chi connectivity index (χ2v) is 6.89. The SMILES string of the molecule is CC1(C)CCC(NC(=O)Cc2cccc(Br)c2)C1. The molecule has 2 nitrogen and oxygen atoms in total. The number of hydrogen-bond acceptors (Lipinski definition) is 1. The first-order valence-corrected chi connectivity index (χ1v) is 7.28. The molecule has 0 spiro atoms. The molecule has 1 aromatic rings. The molecular formula is C15H20BrNO. The van der Waals surface area contributed by atoms with Crippen molar-refractivity contribution >= 4 is 21.8 Å². The van der Waals surface area contributed by atoms with E-state index in [4.69, 9.17) is 0 Å². The number of rotatable bonds is 3. The molecule has 0 saturated heterocycles. The van der Waals surface area contributed by atoms with Gasteiger partial charge in [-0.25, -0.2) is 0 Å². The van der Waals surface area contributed by atoms with Crippen molar-refractivity contribution in [2.45, 2.75) is 45.6 Å². The summed E-state index contributed by atoms with van der Waals surface area (Å²) < 4.78 is 1.02. The van der Waals surface area contributed by atoms with Crippen LogP contribution in [0.2, 0.25) is 0 Å². The number of carbonyl (C=O) groups excluding carboxylic acids is 1. The van der Waals surface area contributed by atoms with E-state index in [1.165, 1.54) is 6.42 Å². The van der Waals surface area contributed by atoms with Crippen LogP contribution in [0.1, 0.15) is 38.7 Å². The van der Waals surface area contributed by atoms with Crippen LogP contribution < -0.4 is 5.32 Å². The summed E-state index contributed by atoms with van der Waals surface area (Å²) in [6, 6.07) is 8.28. The van der Waals surface area contributed by atoms with Gasteiger partial charge >= 0.3 is 0 Å². The zero-order chi connectivity index (χ0) is 13.2. The summed E-state index contributed by atoms with van der Waals surface area (Å²) in [6.07, 6.45) is 3.87. The van der Waals surface area contributed by atoms with Crippen molar-refractivity contribution in [3.63, 3.8) is 0 Å². The van der Waals surface area contributed by atoms with Gasteiger partial charge < -0.3 is 5.32 Å². The molecule has 1 saturated carbocycles. The van der Waals surface area contributed by atoms with Crippen LogP contribution in [-0.4, -0.2) is 11.9 Å². The lowest BCUT2D eigenvalue weighted by Crippen LogP contribution is -2.34. The van der Waals surface area contributed by atoms with E-state index in [2.05, 4.69) is 35.1 Å². The Morgan fingerprint density at radius 1 is 1.50 bits per heavy atom. The molecule has 1 atom stereocenters. The highest BCUT2D eigenvalue weighted by Gasteiger charge is 2.31. The van der Waals surface area contributed by atoms with Gasteiger partial charge in [0.15, 0.2) is 0 Å². The van der Waals surface area contributed by atoms with Gasteiger partial charge in [-0.2, -0.15) is 0 Å². The number of halogens is 1. The van der Waals surface area contributed by atoms with Crippen molar-refractivity contribution in [3.05, 3.63) is 34.3 Å². The van der Waals surface area contributed by atoms with Crippen LogP contribution in [-0.2, 0) is 11.2 Å². The average Bonchev–Trinajstić information content (AvgIpc) is 2.57. The van der Waals surface area contributed by atoms with Crippen LogP contribution in [0.25, 0.3) is 0 Å². The average molecular weight is 310 g/mol. The van der Waals surface area contributed by atoms with Gasteiger partial charge in [-0.05, 0) is 42.4 Å². The van der Waals surface area contributed by atoms with Gasteiger partial charge in [0.2, 0.25) is 5.91 Å². The first-order valence-electron chi connectivity index (χ1n) is 6.48. The van der Waals surface area contributed by atoms with Crippen molar-refractivity contribution in [2.24, 2.45) is 5.41 Å². The highest BCUT2D eigenvalue weighted by atomic mass is 79.9. The minimum Gasteiger partial charge on any atom is -0.353 e. The topological polar surface area (TPSA) is 29.1 Å². The third-order valence-corrected chi connectivity index (χ3v) is 4.08. The van der Waals surface area contributed by atoms with Gasteiger partial charge in [0.05, 0.1) is 6.42 Å². The lowest BCUT2D eigenvalue weighted by Gasteiger charge is -2.17. The van der Waals surface area contributed by atoms with E-state index >= 15 is 0 Å². The van der Waals surface area contributed by atoms with E-state index in [9.17, 15) is 4.79 Å². The molecule has 1 aliphatic carbocycles. The number of benzene rings is 1. The molecule has 2 rings (SSSR count). The molecule has 1 fully saturated rings. The van der Waals surface area contributed by atoms with Crippen LogP contribution in [0.15, 0.2) is 28.7 Å². The van der Waals surface area contributed by atoms with Crippen LogP contribution in [0, 0.1) is 5.41 Å². The Morgan fingerprint density at radius 2 is 2.28 bits per heavy atom. The summed E-state index contributed by atoms with van der Waals surface area (Å²) in [4.78, 5) is 12.0. The summed E-state index contributed by atoms with van der Waals surface area (Å²) in [5.41, 5.74) is 1.44. The van der Waals surface area contributed by atoms with E-state index in [0.29, 0.717) is 17.9 Å². The predicted molar refractivity (Wildman–Crippen MR) is 77.4 cm³/mol. The molecule has 1 N–H and O–H groups in total. The Kier molecular flexibility index (Phi) is 4.10. The minimum absolute atomic E-state index is 0.135. The molecule has 0 bridgehead atoms. The first kappa shape index (κ1) is 13.6. The number of carbonyl (C=O) groups is 1. The summed E-state index contributed by atoms with van der Waals surface area (Å²) in [7, 11) is 0. The Balaban J connectivity index is 1.86. The van der Waals surface area contributed by atoms with Gasteiger partial charge in [-0.15, -0.1) is 0 Å². The van der Waals surface area contributed by atoms with Gasteiger partial charge in [-0.1, -0.05) is 41.9 Å². The highest BCUT2D eigenvalue weighted by molar-refractivity contribution is 9.10. The van der Waals surface area contributed by atoms with E-state index in [-0.39, 0.29) is 5.91 Å². The molecule has 0 aromatic heterocycles. The molecule has 1 aliphatic rings. The van der Waals surface area contributed by atoms with Crippen LogP contribution >= 0.6 is 15.9 Å². The largest absolute Gasteiger partial charge is 0.353 e. The fraction of sp³-hybridized carbons (Fsp3) is 0.533. The van der Waals surface area contributed by atoms with Crippen molar-refractivity contribution in [2.75, 3.05) is 0 Å². The fourth-order valence-corrected chi connectivity index (χ4v) is 3.12. The second kappa shape index (κ2) is 5.43. The van der Waals surface area contributed by atoms with Gasteiger partial charge in [0, 0.05) is 10.5 Å². The molecule has 0 heterocycles. The molecule has 1 unspecified atom stereocenters. The normalized spacial score (nSPS) is 21.8. The Bertz CT molecular complexity index is 442. The van der Waals surface area contributed by atoms with Crippen molar-refractivity contribution in [1.82, 2.24) is 5.32 Å². The molecule has 3 heteroatoms. The summed E-state index contributed by atoms with van der Waals surface area (Å²) in [6.45, 7) is 4.54. The second-order valence-electron chi connectivity index (χ2n) is 5.98. The van der Waals surface area contributed by atoms with Gasteiger partial charge in [0.25, 0.3) is 0 Å². The van der Waals surface area contributed by atoms with E-state index < -0.39 is 0 Å². The molecule has 1 amide bonds. The van der Waals surface area contributed by atoms with E-state index in [1.807, 2.05) is 24.3 Å². The lowest BCUT2D eigenvalue weighted by molar-refractivity contribution is -0.121. The summed E-state index contributed by atoms with van der Waals surface area (Å²) in [5.74, 6) is 0.135. The van der Waals surface area contributed by atoms with Crippen LogP contribution in [0.5, 0.6) is 0 Å². The van der Waals surface area contributed by atoms with Crippen molar-refractivity contribution in [1.29, 1.82) is 0 Å². The highest BCUT2D eigenvalue weighted by Crippen LogP contribution is 2.36. The molecule has 18 heavy (non-hydrogen) atoms. The summed E-state index contributed by atoms with van der Waals surface area (Å²) in [5, 5.41) is 3.15. The minimum atomic E-state index is 0.135. The molecule has 0 radical (unpaired) electrons. The lowest BCUT2D eigenvalue weighted by atomic mass is 9.92. The molecular weight excluding hydrogens is 290 g/mol. The van der Waals surface area contributed by atoms with Crippen molar-refractivity contribution < 1.29 is 4.79 Å². The molecule has 1 aromatic carbocycles. The van der Waals surface area contributed by atoms with Crippen LogP contribution in [0.3, 0.4) is 0 Å². The smallest absolute Gasteiger partial charge is 0.224 e. The first-order chi connectivity index (χ1) is 8.44. The van der Waals surface area contributed by atoms with E-state index in [0.717, 1.165) is 22.9 Å². The predicted octanol–water partition coefficient (Wildman–Crippen LogP) is 3.69. The quantitative estimate of drug-likeness (QED) is 0.906. The Morgan fingerprint density at radius 3 is 2.89 bits per heavy atom.